The van der Waals surface area contributed by atoms with Gasteiger partial charge >= 0.3 is 0 Å². The maximum atomic E-state index is 12.4. The second-order valence-corrected chi connectivity index (χ2v) is 6.48. The van der Waals surface area contributed by atoms with Crippen molar-refractivity contribution in [3.63, 3.8) is 0 Å². The van der Waals surface area contributed by atoms with Gasteiger partial charge in [0.05, 0.1) is 11.3 Å². The molecule has 1 heterocycles. The standard InChI is InChI=1S/C16H26N2O3/c1-11(2)14-13(12(3)18-21-14)15(19)17-10-16(20)8-6-4-5-7-9-16/h11,20H,4-10H2,1-3H3,(H,17,19). The van der Waals surface area contributed by atoms with Gasteiger partial charge in [0.25, 0.3) is 5.91 Å². The first-order valence-corrected chi connectivity index (χ1v) is 7.90. The van der Waals surface area contributed by atoms with Gasteiger partial charge in [-0.05, 0) is 19.8 Å². The largest absolute Gasteiger partial charge is 0.388 e. The average Bonchev–Trinajstić information content (AvgIpc) is 2.69. The number of rotatable bonds is 4. The second kappa shape index (κ2) is 6.60. The fraction of sp³-hybridized carbons (Fsp3) is 0.750. The van der Waals surface area contributed by atoms with Crippen molar-refractivity contribution in [3.8, 4) is 0 Å². The highest BCUT2D eigenvalue weighted by atomic mass is 16.5. The summed E-state index contributed by atoms with van der Waals surface area (Å²) in [6.45, 7) is 6.00. The monoisotopic (exact) mass is 294 g/mol. The number of carbonyl (C=O) groups excluding carboxylic acids is 1. The van der Waals surface area contributed by atoms with E-state index in [1.807, 2.05) is 13.8 Å². The molecule has 0 unspecified atom stereocenters. The quantitative estimate of drug-likeness (QED) is 0.837. The SMILES string of the molecule is Cc1noc(C(C)C)c1C(=O)NCC1(O)CCCCCC1. The van der Waals surface area contributed by atoms with Crippen LogP contribution in [0.5, 0.6) is 0 Å². The molecule has 0 radical (unpaired) electrons. The Balaban J connectivity index is 2.03. The minimum Gasteiger partial charge on any atom is -0.388 e. The van der Waals surface area contributed by atoms with Crippen LogP contribution in [-0.4, -0.2) is 28.3 Å². The van der Waals surface area contributed by atoms with E-state index in [0.29, 0.717) is 23.6 Å². The lowest BCUT2D eigenvalue weighted by atomic mass is 9.94. The van der Waals surface area contributed by atoms with Gasteiger partial charge in [0, 0.05) is 12.5 Å². The van der Waals surface area contributed by atoms with E-state index in [1.54, 1.807) is 6.92 Å². The van der Waals surface area contributed by atoms with Crippen LogP contribution >= 0.6 is 0 Å². The van der Waals surface area contributed by atoms with E-state index in [0.717, 1.165) is 25.7 Å². The van der Waals surface area contributed by atoms with Gasteiger partial charge in [0.2, 0.25) is 0 Å². The summed E-state index contributed by atoms with van der Waals surface area (Å²) < 4.78 is 5.24. The van der Waals surface area contributed by atoms with Gasteiger partial charge in [0.1, 0.15) is 5.56 Å². The summed E-state index contributed by atoms with van der Waals surface area (Å²) >= 11 is 0. The van der Waals surface area contributed by atoms with Crippen molar-refractivity contribution in [2.75, 3.05) is 6.54 Å². The van der Waals surface area contributed by atoms with Gasteiger partial charge in [-0.15, -0.1) is 0 Å². The molecule has 0 spiro atoms. The molecule has 5 heteroatoms. The number of nitrogens with one attached hydrogen (secondary N) is 1. The topological polar surface area (TPSA) is 75.4 Å². The van der Waals surface area contributed by atoms with Crippen LogP contribution in [0.1, 0.15) is 80.1 Å². The molecule has 1 saturated carbocycles. The van der Waals surface area contributed by atoms with Gasteiger partial charge in [-0.25, -0.2) is 0 Å². The smallest absolute Gasteiger partial charge is 0.256 e. The molecule has 1 amide bonds. The van der Waals surface area contributed by atoms with Crippen LogP contribution in [0, 0.1) is 6.92 Å². The normalized spacial score (nSPS) is 18.5. The third-order valence-corrected chi connectivity index (χ3v) is 4.25. The van der Waals surface area contributed by atoms with E-state index in [4.69, 9.17) is 4.52 Å². The number of amides is 1. The van der Waals surface area contributed by atoms with Crippen molar-refractivity contribution in [2.45, 2.75) is 70.8 Å². The maximum absolute atomic E-state index is 12.4. The van der Waals surface area contributed by atoms with Crippen LogP contribution in [0.2, 0.25) is 0 Å². The third kappa shape index (κ3) is 3.84. The van der Waals surface area contributed by atoms with Gasteiger partial charge < -0.3 is 14.9 Å². The molecule has 0 saturated heterocycles. The molecular formula is C16H26N2O3. The van der Waals surface area contributed by atoms with Crippen molar-refractivity contribution in [2.24, 2.45) is 0 Å². The average molecular weight is 294 g/mol. The van der Waals surface area contributed by atoms with Gasteiger partial charge in [0.15, 0.2) is 5.76 Å². The highest BCUT2D eigenvalue weighted by Gasteiger charge is 2.30. The van der Waals surface area contributed by atoms with E-state index >= 15 is 0 Å². The van der Waals surface area contributed by atoms with E-state index in [1.165, 1.54) is 12.8 Å². The van der Waals surface area contributed by atoms with Crippen LogP contribution in [0.4, 0.5) is 0 Å². The maximum Gasteiger partial charge on any atom is 0.256 e. The Kier molecular flexibility index (Phi) is 5.04. The molecule has 1 aromatic heterocycles. The summed E-state index contributed by atoms with van der Waals surface area (Å²) in [5, 5.41) is 17.3. The van der Waals surface area contributed by atoms with Crippen LogP contribution in [0.25, 0.3) is 0 Å². The number of hydrogen-bond acceptors (Lipinski definition) is 4. The first kappa shape index (κ1) is 16.0. The van der Waals surface area contributed by atoms with E-state index in [2.05, 4.69) is 10.5 Å². The van der Waals surface area contributed by atoms with Crippen molar-refractivity contribution >= 4 is 5.91 Å². The van der Waals surface area contributed by atoms with Crippen molar-refractivity contribution in [1.82, 2.24) is 10.5 Å². The molecule has 1 aromatic rings. The highest BCUT2D eigenvalue weighted by molar-refractivity contribution is 5.96. The second-order valence-electron chi connectivity index (χ2n) is 6.48. The number of aryl methyl sites for hydroxylation is 1. The van der Waals surface area contributed by atoms with Crippen LogP contribution in [0.15, 0.2) is 4.52 Å². The molecule has 118 valence electrons. The van der Waals surface area contributed by atoms with Crippen LogP contribution in [0.3, 0.4) is 0 Å². The molecule has 1 aliphatic rings. The minimum absolute atomic E-state index is 0.105. The van der Waals surface area contributed by atoms with Gasteiger partial charge in [-0.2, -0.15) is 0 Å². The Morgan fingerprint density at radius 1 is 1.33 bits per heavy atom. The zero-order valence-corrected chi connectivity index (χ0v) is 13.2. The molecule has 0 bridgehead atoms. The third-order valence-electron chi connectivity index (χ3n) is 4.25. The molecule has 0 aliphatic heterocycles. The molecule has 2 rings (SSSR count). The lowest BCUT2D eigenvalue weighted by Gasteiger charge is -2.26. The summed E-state index contributed by atoms with van der Waals surface area (Å²) in [6, 6.07) is 0. The lowest BCUT2D eigenvalue weighted by Crippen LogP contribution is -2.42. The van der Waals surface area contributed by atoms with E-state index in [9.17, 15) is 9.90 Å². The molecule has 1 aliphatic carbocycles. The number of hydrogen-bond donors (Lipinski definition) is 2. The predicted molar refractivity (Wildman–Crippen MR) is 80.3 cm³/mol. The first-order valence-electron chi connectivity index (χ1n) is 7.90. The number of carbonyl (C=O) groups is 1. The molecular weight excluding hydrogens is 268 g/mol. The molecule has 1 fully saturated rings. The van der Waals surface area contributed by atoms with E-state index in [-0.39, 0.29) is 11.8 Å². The summed E-state index contributed by atoms with van der Waals surface area (Å²) in [6.07, 6.45) is 5.89. The summed E-state index contributed by atoms with van der Waals surface area (Å²) in [7, 11) is 0. The Labute approximate surface area is 126 Å². The summed E-state index contributed by atoms with van der Waals surface area (Å²) in [5.41, 5.74) is 0.348. The van der Waals surface area contributed by atoms with Gasteiger partial charge in [-0.1, -0.05) is 44.7 Å². The highest BCUT2D eigenvalue weighted by Crippen LogP contribution is 2.27. The number of aromatic nitrogens is 1. The molecule has 5 nitrogen and oxygen atoms in total. The lowest BCUT2D eigenvalue weighted by molar-refractivity contribution is 0.0246. The van der Waals surface area contributed by atoms with Crippen LogP contribution < -0.4 is 5.32 Å². The summed E-state index contributed by atoms with van der Waals surface area (Å²) in [4.78, 5) is 12.4. The first-order chi connectivity index (χ1) is 9.93. The zero-order valence-electron chi connectivity index (χ0n) is 13.2. The predicted octanol–water partition coefficient (Wildman–Crippen LogP) is 2.92. The Bertz CT molecular complexity index is 486. The number of nitrogens with zero attached hydrogens (tertiary/aromatic N) is 1. The Hall–Kier alpha value is -1.36. The Morgan fingerprint density at radius 3 is 2.52 bits per heavy atom. The van der Waals surface area contributed by atoms with Gasteiger partial charge in [-0.3, -0.25) is 4.79 Å². The molecule has 0 atom stereocenters. The molecule has 21 heavy (non-hydrogen) atoms. The van der Waals surface area contributed by atoms with Crippen molar-refractivity contribution in [3.05, 3.63) is 17.0 Å². The fourth-order valence-corrected chi connectivity index (χ4v) is 2.95. The van der Waals surface area contributed by atoms with E-state index < -0.39 is 5.60 Å². The molecule has 2 N–H and O–H groups in total. The fourth-order valence-electron chi connectivity index (χ4n) is 2.95. The molecule has 0 aromatic carbocycles. The minimum atomic E-state index is -0.769. The van der Waals surface area contributed by atoms with Crippen LogP contribution in [-0.2, 0) is 0 Å². The summed E-state index contributed by atoms with van der Waals surface area (Å²) in [5.74, 6) is 0.515. The van der Waals surface area contributed by atoms with Crippen molar-refractivity contribution < 1.29 is 14.4 Å². The Morgan fingerprint density at radius 2 is 1.95 bits per heavy atom. The number of aliphatic hydroxyl groups is 1. The zero-order chi connectivity index (χ0) is 15.5. The van der Waals surface area contributed by atoms with Crippen molar-refractivity contribution in [1.29, 1.82) is 0 Å².